The van der Waals surface area contributed by atoms with E-state index in [0.29, 0.717) is 15.7 Å². The number of aromatic hydroxyl groups is 1. The first-order chi connectivity index (χ1) is 9.20. The second kappa shape index (κ2) is 5.03. The highest BCUT2D eigenvalue weighted by atomic mass is 35.5. The Kier molecular flexibility index (Phi) is 3.23. The van der Waals surface area contributed by atoms with Gasteiger partial charge in [0.1, 0.15) is 11.3 Å². The maximum Gasteiger partial charge on any atom is 0.214 e. The molecule has 3 rings (SSSR count). The molecule has 2 aromatic carbocycles. The summed E-state index contributed by atoms with van der Waals surface area (Å²) >= 11 is 7.27. The van der Waals surface area contributed by atoms with Crippen LogP contribution >= 0.6 is 23.4 Å². The number of phenols is 1. The van der Waals surface area contributed by atoms with Crippen molar-refractivity contribution in [1.82, 2.24) is 15.2 Å². The number of fused-ring (bicyclic) bond motifs is 1. The summed E-state index contributed by atoms with van der Waals surface area (Å²) in [6.45, 7) is 0. The van der Waals surface area contributed by atoms with Gasteiger partial charge in [-0.1, -0.05) is 11.6 Å². The SMILES string of the molecule is Oc1ccc(Sc2nnc3cc(Cl)ccc3n2)cc1. The average Bonchev–Trinajstić information content (AvgIpc) is 2.42. The van der Waals surface area contributed by atoms with Crippen molar-refractivity contribution in [3.8, 4) is 5.75 Å². The van der Waals surface area contributed by atoms with Crippen LogP contribution in [-0.4, -0.2) is 20.3 Å². The quantitative estimate of drug-likeness (QED) is 0.782. The van der Waals surface area contributed by atoms with Gasteiger partial charge in [-0.2, -0.15) is 0 Å². The van der Waals surface area contributed by atoms with Gasteiger partial charge in [0.15, 0.2) is 0 Å². The zero-order valence-electron chi connectivity index (χ0n) is 9.62. The standard InChI is InChI=1S/C13H8ClN3OS/c14-8-1-6-11-12(7-8)16-17-13(15-11)19-10-4-2-9(18)3-5-10/h1-7,18H. The third-order valence-electron chi connectivity index (χ3n) is 2.44. The Labute approximate surface area is 118 Å². The van der Waals surface area contributed by atoms with E-state index in [2.05, 4.69) is 15.2 Å². The number of rotatable bonds is 2. The molecular weight excluding hydrogens is 282 g/mol. The average molecular weight is 290 g/mol. The molecule has 0 atom stereocenters. The molecule has 0 saturated carbocycles. The van der Waals surface area contributed by atoms with Crippen LogP contribution in [0.15, 0.2) is 52.5 Å². The molecule has 0 amide bonds. The number of phenolic OH excluding ortho intramolecular Hbond substituents is 1. The van der Waals surface area contributed by atoms with E-state index in [4.69, 9.17) is 11.6 Å². The fourth-order valence-electron chi connectivity index (χ4n) is 1.56. The van der Waals surface area contributed by atoms with Crippen LogP contribution in [0.1, 0.15) is 0 Å². The van der Waals surface area contributed by atoms with Crippen molar-refractivity contribution in [2.24, 2.45) is 0 Å². The van der Waals surface area contributed by atoms with Gasteiger partial charge in [0, 0.05) is 9.92 Å². The number of halogens is 1. The summed E-state index contributed by atoms with van der Waals surface area (Å²) in [4.78, 5) is 5.34. The van der Waals surface area contributed by atoms with Crippen LogP contribution in [0.5, 0.6) is 5.75 Å². The monoisotopic (exact) mass is 289 g/mol. The molecule has 0 aliphatic heterocycles. The van der Waals surface area contributed by atoms with Crippen molar-refractivity contribution in [3.63, 3.8) is 0 Å². The molecule has 1 aromatic heterocycles. The molecule has 0 radical (unpaired) electrons. The van der Waals surface area contributed by atoms with Crippen LogP contribution in [0.2, 0.25) is 5.02 Å². The lowest BCUT2D eigenvalue weighted by Gasteiger charge is -2.01. The summed E-state index contributed by atoms with van der Waals surface area (Å²) < 4.78 is 0. The van der Waals surface area contributed by atoms with Crippen LogP contribution in [-0.2, 0) is 0 Å². The Balaban J connectivity index is 1.93. The van der Waals surface area contributed by atoms with Gasteiger partial charge in [0.25, 0.3) is 0 Å². The van der Waals surface area contributed by atoms with Crippen molar-refractivity contribution >= 4 is 34.4 Å². The van der Waals surface area contributed by atoms with E-state index in [1.165, 1.54) is 11.8 Å². The Morgan fingerprint density at radius 2 is 1.74 bits per heavy atom. The Hall–Kier alpha value is -1.85. The van der Waals surface area contributed by atoms with E-state index < -0.39 is 0 Å². The molecule has 0 spiro atoms. The summed E-state index contributed by atoms with van der Waals surface area (Å²) in [7, 11) is 0. The first-order valence-corrected chi connectivity index (χ1v) is 6.67. The molecule has 6 heteroatoms. The van der Waals surface area contributed by atoms with Crippen molar-refractivity contribution in [3.05, 3.63) is 47.5 Å². The van der Waals surface area contributed by atoms with E-state index in [9.17, 15) is 5.11 Å². The normalized spacial score (nSPS) is 10.8. The molecule has 0 fully saturated rings. The van der Waals surface area contributed by atoms with Crippen LogP contribution < -0.4 is 0 Å². The van der Waals surface area contributed by atoms with Gasteiger partial charge in [-0.05, 0) is 54.2 Å². The first-order valence-electron chi connectivity index (χ1n) is 5.47. The highest BCUT2D eigenvalue weighted by molar-refractivity contribution is 7.99. The molecule has 4 nitrogen and oxygen atoms in total. The highest BCUT2D eigenvalue weighted by Gasteiger charge is 2.04. The Morgan fingerprint density at radius 1 is 0.947 bits per heavy atom. The van der Waals surface area contributed by atoms with Crippen LogP contribution in [0.4, 0.5) is 0 Å². The van der Waals surface area contributed by atoms with E-state index in [1.54, 1.807) is 36.4 Å². The van der Waals surface area contributed by atoms with E-state index in [0.717, 1.165) is 10.4 Å². The minimum absolute atomic E-state index is 0.233. The number of aromatic nitrogens is 3. The molecule has 0 bridgehead atoms. The largest absolute Gasteiger partial charge is 0.508 e. The van der Waals surface area contributed by atoms with E-state index >= 15 is 0 Å². The molecule has 1 heterocycles. The topological polar surface area (TPSA) is 58.9 Å². The molecule has 0 aliphatic carbocycles. The maximum atomic E-state index is 9.22. The zero-order chi connectivity index (χ0) is 13.2. The smallest absolute Gasteiger partial charge is 0.214 e. The van der Waals surface area contributed by atoms with Crippen LogP contribution in [0, 0.1) is 0 Å². The third kappa shape index (κ3) is 2.77. The van der Waals surface area contributed by atoms with Crippen LogP contribution in [0.25, 0.3) is 11.0 Å². The zero-order valence-corrected chi connectivity index (χ0v) is 11.2. The minimum Gasteiger partial charge on any atom is -0.508 e. The number of nitrogens with zero attached hydrogens (tertiary/aromatic N) is 3. The highest BCUT2D eigenvalue weighted by Crippen LogP contribution is 2.26. The molecule has 19 heavy (non-hydrogen) atoms. The number of benzene rings is 2. The summed E-state index contributed by atoms with van der Waals surface area (Å²) in [6.07, 6.45) is 0. The molecular formula is C13H8ClN3OS. The summed E-state index contributed by atoms with van der Waals surface area (Å²) in [5.41, 5.74) is 1.42. The summed E-state index contributed by atoms with van der Waals surface area (Å²) in [6, 6.07) is 12.2. The van der Waals surface area contributed by atoms with E-state index in [-0.39, 0.29) is 5.75 Å². The van der Waals surface area contributed by atoms with Gasteiger partial charge in [0.05, 0.1) is 5.52 Å². The Morgan fingerprint density at radius 3 is 2.53 bits per heavy atom. The molecule has 0 aliphatic rings. The molecule has 94 valence electrons. The Bertz CT molecular complexity index is 734. The van der Waals surface area contributed by atoms with Crippen LogP contribution in [0.3, 0.4) is 0 Å². The third-order valence-corrected chi connectivity index (χ3v) is 3.54. The maximum absolute atomic E-state index is 9.22. The first kappa shape index (κ1) is 12.2. The minimum atomic E-state index is 0.233. The van der Waals surface area contributed by atoms with E-state index in [1.807, 2.05) is 6.07 Å². The lowest BCUT2D eigenvalue weighted by molar-refractivity contribution is 0.475. The van der Waals surface area contributed by atoms with Gasteiger partial charge in [-0.3, -0.25) is 0 Å². The second-order valence-corrected chi connectivity index (χ2v) is 5.30. The fraction of sp³-hybridized carbons (Fsp3) is 0. The number of hydrogen-bond acceptors (Lipinski definition) is 5. The van der Waals surface area contributed by atoms with Gasteiger partial charge < -0.3 is 5.11 Å². The lowest BCUT2D eigenvalue weighted by atomic mass is 10.3. The van der Waals surface area contributed by atoms with Gasteiger partial charge in [0.2, 0.25) is 5.16 Å². The predicted octanol–water partition coefficient (Wildman–Crippen LogP) is 3.54. The molecule has 0 unspecified atom stereocenters. The fourth-order valence-corrected chi connectivity index (χ4v) is 2.43. The summed E-state index contributed by atoms with van der Waals surface area (Å²) in [5.74, 6) is 0.233. The number of hydrogen-bond donors (Lipinski definition) is 1. The molecule has 1 N–H and O–H groups in total. The van der Waals surface area contributed by atoms with Gasteiger partial charge >= 0.3 is 0 Å². The lowest BCUT2D eigenvalue weighted by Crippen LogP contribution is -1.92. The van der Waals surface area contributed by atoms with Crippen molar-refractivity contribution in [1.29, 1.82) is 0 Å². The predicted molar refractivity (Wildman–Crippen MR) is 74.6 cm³/mol. The van der Waals surface area contributed by atoms with Gasteiger partial charge in [-0.15, -0.1) is 10.2 Å². The molecule has 3 aromatic rings. The van der Waals surface area contributed by atoms with Crippen molar-refractivity contribution in [2.75, 3.05) is 0 Å². The second-order valence-electron chi connectivity index (χ2n) is 3.82. The van der Waals surface area contributed by atoms with Crippen molar-refractivity contribution in [2.45, 2.75) is 10.1 Å². The molecule has 0 saturated heterocycles. The van der Waals surface area contributed by atoms with Crippen molar-refractivity contribution < 1.29 is 5.11 Å². The summed E-state index contributed by atoms with van der Waals surface area (Å²) in [5, 5.41) is 18.5. The van der Waals surface area contributed by atoms with Gasteiger partial charge in [-0.25, -0.2) is 4.98 Å².